The van der Waals surface area contributed by atoms with Crippen molar-refractivity contribution in [3.63, 3.8) is 0 Å². The molecular weight excluding hydrogens is 1740 g/mol. The molecule has 66 heteroatoms. The molecule has 2 N–H and O–H groups in total. The summed E-state index contributed by atoms with van der Waals surface area (Å²) in [7, 11) is -94.5. The Morgan fingerprint density at radius 2 is 0.520 bits per heavy atom. The zero-order chi connectivity index (χ0) is 78.2. The summed E-state index contributed by atoms with van der Waals surface area (Å²) in [4.78, 5) is 25.6. The van der Waals surface area contributed by atoms with Crippen LogP contribution in [0.15, 0.2) is 0 Å². The van der Waals surface area contributed by atoms with E-state index >= 15 is 105 Å². The Labute approximate surface area is 561 Å². The van der Waals surface area contributed by atoms with E-state index in [1.54, 1.807) is 0 Å². The molecule has 0 aromatic carbocycles. The summed E-state index contributed by atoms with van der Waals surface area (Å²) in [6.07, 6.45) is -110. The fourth-order valence-electron chi connectivity index (χ4n) is 10.4. The number of halogens is 36. The fraction of sp³-hybridized carbons (Fsp3) is 1.00. The lowest BCUT2D eigenvalue weighted by Crippen LogP contribution is -2.81. The molecule has 13 atom stereocenters. The van der Waals surface area contributed by atoms with Crippen molar-refractivity contribution >= 4 is 106 Å². The van der Waals surface area contributed by atoms with Crippen molar-refractivity contribution in [1.29, 1.82) is 0 Å². The largest absolute Gasteiger partial charge is 0.491 e. The van der Waals surface area contributed by atoms with Gasteiger partial charge in [-0.3, -0.25) is 0 Å². The van der Waals surface area contributed by atoms with Crippen LogP contribution in [0.5, 0.6) is 0 Å². The zero-order valence-corrected chi connectivity index (χ0v) is 62.3. The maximum Gasteiger partial charge on any atom is 0.491 e. The Morgan fingerprint density at radius 3 is 0.863 bits per heavy atom. The van der Waals surface area contributed by atoms with E-state index in [1.165, 1.54) is 0 Å². The minimum atomic E-state index is -8.58. The Hall–Kier alpha value is -0.637. The first-order valence-corrected chi connectivity index (χ1v) is 51.5. The highest BCUT2D eigenvalue weighted by Gasteiger charge is 2.90. The second kappa shape index (κ2) is 29.8. The van der Waals surface area contributed by atoms with Gasteiger partial charge >= 0.3 is 180 Å². The fourth-order valence-corrected chi connectivity index (χ4v) is 78.2. The molecule has 0 saturated carbocycles. The molecule has 1 spiro atoms. The van der Waals surface area contributed by atoms with E-state index in [-0.39, 0.29) is 0 Å². The third-order valence-electron chi connectivity index (χ3n) is 14.4. The van der Waals surface area contributed by atoms with E-state index in [4.69, 9.17) is 66.2 Å². The van der Waals surface area contributed by atoms with E-state index in [0.717, 1.165) is 0 Å². The highest BCUT2D eigenvalue weighted by atomic mass is 28.6. The number of hydrogen-bond acceptors (Lipinski definition) is 18. The van der Waals surface area contributed by atoms with Crippen molar-refractivity contribution in [3.05, 3.63) is 0 Å². The molecule has 6 saturated heterocycles. The van der Waals surface area contributed by atoms with E-state index in [1.807, 2.05) is 0 Å². The number of fused-ring (bicyclic) bond motifs is 3. The minimum absolute atomic E-state index is 2.26. The summed E-state index contributed by atoms with van der Waals surface area (Å²) in [5, 5.41) is -6.13. The smallest absolute Gasteiger partial charge is 0.420 e. The van der Waals surface area contributed by atoms with Crippen LogP contribution in [0.1, 0.15) is 70.6 Å². The lowest BCUT2D eigenvalue weighted by molar-refractivity contribution is -0.229. The Balaban J connectivity index is 2.15. The number of rotatable bonds is 22. The number of hydrogen-bond donors (Lipinski definition) is 2. The molecule has 602 valence electrons. The van der Waals surface area contributed by atoms with E-state index in [0.29, 0.717) is 0 Å². The molecule has 0 aliphatic carbocycles. The van der Waals surface area contributed by atoms with Crippen LogP contribution in [0, 0.1) is 0 Å². The second-order valence-electron chi connectivity index (χ2n) is 23.4. The van der Waals surface area contributed by atoms with Gasteiger partial charge in [0, 0.05) is 125 Å². The predicted octanol–water partition coefficient (Wildman–Crippen LogP) is 15.0. The molecule has 0 amide bonds. The molecule has 6 aliphatic heterocycles. The van der Waals surface area contributed by atoms with Crippen molar-refractivity contribution < 1.29 is 234 Å². The van der Waals surface area contributed by atoms with E-state index < -0.39 is 329 Å². The minimum Gasteiger partial charge on any atom is -0.420 e. The van der Waals surface area contributed by atoms with Crippen molar-refractivity contribution in [3.8, 4) is 0 Å². The van der Waals surface area contributed by atoms with Crippen molar-refractivity contribution in [2.75, 3.05) is 0 Å². The quantitative estimate of drug-likeness (QED) is 0.0768. The summed E-state index contributed by atoms with van der Waals surface area (Å²) >= 11 is 0. The number of alkyl halides is 36. The first-order chi connectivity index (χ1) is 45.1. The van der Waals surface area contributed by atoms with Crippen LogP contribution in [0.3, 0.4) is 0 Å². The highest BCUT2D eigenvalue weighted by Crippen LogP contribution is 2.63. The van der Waals surface area contributed by atoms with Crippen molar-refractivity contribution in [2.24, 2.45) is 0 Å². The van der Waals surface area contributed by atoms with Crippen LogP contribution in [0.4, 0.5) is 158 Å². The lowest BCUT2D eigenvalue weighted by Gasteiger charge is -2.56. The van der Waals surface area contributed by atoms with Crippen LogP contribution >= 0.6 is 0 Å². The van der Waals surface area contributed by atoms with Gasteiger partial charge in [0.15, 0.2) is 0 Å². The van der Waals surface area contributed by atoms with Gasteiger partial charge in [0.25, 0.3) is 0 Å². The van der Waals surface area contributed by atoms with Crippen molar-refractivity contribution in [1.82, 2.24) is 0 Å². The van der Waals surface area contributed by atoms with Crippen LogP contribution in [-0.2, 0) is 66.2 Å². The molecular formula is C36H50F36O18Si12. The highest BCUT2D eigenvalue weighted by molar-refractivity contribution is 7.01. The maximum atomic E-state index is 17.6. The van der Waals surface area contributed by atoms with E-state index in [9.17, 15) is 62.3 Å². The predicted molar refractivity (Wildman–Crippen MR) is 277 cm³/mol. The summed E-state index contributed by atoms with van der Waals surface area (Å²) < 4.78 is 635. The third-order valence-corrected chi connectivity index (χ3v) is 65.2. The van der Waals surface area contributed by atoms with Gasteiger partial charge in [0.05, 0.1) is 6.04 Å². The molecule has 0 aromatic heterocycles. The molecule has 6 heterocycles. The molecule has 18 nitrogen and oxygen atoms in total. The maximum absolute atomic E-state index is 17.6. The average molecular weight is 1790 g/mol. The topological polar surface area (TPSA) is 188 Å². The Morgan fingerprint density at radius 1 is 0.265 bits per heavy atom. The monoisotopic (exact) mass is 1790 g/mol. The molecule has 102 heavy (non-hydrogen) atoms. The summed E-state index contributed by atoms with van der Waals surface area (Å²) in [6, 6.07) is -35.4. The van der Waals surface area contributed by atoms with Gasteiger partial charge in [0.2, 0.25) is 5.22 Å². The SMILES string of the molecule is O[Si]1(CCC(F)(F)F)OC2(C(F)(F)F)C[Si]34O[SiH](CCC(F)(F)F)O[SiH](CCC(F)(F)F)O[Si]5(CCC(F)(F)F)O[Si]6(CCC(F)(F)F)O[Si](O)(CCC(F)(F)F)O[Si](CCC(F)(F)F)(O1)O[Si](CCC(F)(F)F)(O[Si](CCC(F)(F)F)(O6)O[Si](CCC(F)(F)F)(O5)O3)O[Si]2(CCC(F)(F)F)O4. The van der Waals surface area contributed by atoms with Gasteiger partial charge < -0.3 is 75.7 Å². The Bertz CT molecular complexity index is 2820. The van der Waals surface area contributed by atoms with Gasteiger partial charge in [-0.1, -0.05) is 0 Å². The van der Waals surface area contributed by atoms with Crippen LogP contribution < -0.4 is 0 Å². The second-order valence-corrected chi connectivity index (χ2v) is 58.8. The summed E-state index contributed by atoms with van der Waals surface area (Å²) in [6.45, 7) is 0. The molecule has 6 fully saturated rings. The molecule has 13 unspecified atom stereocenters. The van der Waals surface area contributed by atoms with Gasteiger partial charge in [-0.2, -0.15) is 158 Å². The van der Waals surface area contributed by atoms with Crippen LogP contribution in [-0.4, -0.2) is 195 Å². The van der Waals surface area contributed by atoms with E-state index in [2.05, 4.69) is 0 Å². The molecule has 8 bridgehead atoms. The normalized spacial score (nSPS) is 36.2. The lowest BCUT2D eigenvalue weighted by atomic mass is 10.4. The van der Waals surface area contributed by atoms with Gasteiger partial charge in [0.1, 0.15) is 0 Å². The Kier molecular flexibility index (Phi) is 26.4. The summed E-state index contributed by atoms with van der Waals surface area (Å²) in [5.74, 6) is 0. The zero-order valence-electron chi connectivity index (χ0n) is 50.0. The van der Waals surface area contributed by atoms with Crippen LogP contribution in [0.2, 0.25) is 72.5 Å². The van der Waals surface area contributed by atoms with Gasteiger partial charge in [-0.05, 0) is 12.1 Å². The average Bonchev–Trinajstić information content (AvgIpc) is 1.49. The van der Waals surface area contributed by atoms with Gasteiger partial charge in [-0.15, -0.1) is 0 Å². The molecule has 0 aromatic rings. The van der Waals surface area contributed by atoms with Crippen LogP contribution in [0.25, 0.3) is 0 Å². The van der Waals surface area contributed by atoms with Crippen molar-refractivity contribution in [2.45, 2.75) is 222 Å². The molecule has 0 radical (unpaired) electrons. The molecule has 6 aliphatic rings. The molecule has 6 rings (SSSR count). The third kappa shape index (κ3) is 26.5. The first-order valence-electron chi connectivity index (χ1n) is 28.5. The standard InChI is InChI=1S/C36H50F36O18Si12/c37-25(38,39)1-12-91-76-92(13-2-26(40,41)42)78-102-23-24(36(70,71)72)75-94(73,15-4-28(46,47)48)81-98(19-8-32(58,59)60)82-95(74,16-5-29(49,50)51)83-99(20-9-33(61,62)63)84-96(77-91,17-6-30(52,53)54)85-100(90-102,21-10-34(64,65)66)89-101(88-99,22-11-35(67,68)69)87-97(86-98,18-7-31(55,56)57)79-93(24,80-102)14-3-27(43,44)45/h73-74,91-92H,1-23H2. The summed E-state index contributed by atoms with van der Waals surface area (Å²) in [5.41, 5.74) is 0. The van der Waals surface area contributed by atoms with Gasteiger partial charge in [-0.25, -0.2) is 0 Å². The first kappa shape index (κ1) is 90.2.